The minimum absolute atomic E-state index is 0.351. The van der Waals surface area contributed by atoms with E-state index in [1.807, 2.05) is 0 Å². The zero-order valence-corrected chi connectivity index (χ0v) is 15.4. The number of nitrogens with one attached hydrogen (secondary N) is 1. The van der Waals surface area contributed by atoms with Crippen LogP contribution < -0.4 is 5.32 Å². The largest absolute Gasteiger partial charge is 0.378 e. The van der Waals surface area contributed by atoms with Crippen LogP contribution in [0.3, 0.4) is 0 Å². The number of rotatable bonds is 6. The van der Waals surface area contributed by atoms with Gasteiger partial charge in [0.1, 0.15) is 0 Å². The molecule has 1 fully saturated rings. The molecule has 4 heteroatoms. The minimum Gasteiger partial charge on any atom is -0.378 e. The fourth-order valence-corrected chi connectivity index (χ4v) is 3.76. The summed E-state index contributed by atoms with van der Waals surface area (Å²) >= 11 is 7.37. The van der Waals surface area contributed by atoms with Crippen molar-refractivity contribution in [3.63, 3.8) is 0 Å². The summed E-state index contributed by atoms with van der Waals surface area (Å²) in [4.78, 5) is 0. The predicted molar refractivity (Wildman–Crippen MR) is 91.2 cm³/mol. The summed E-state index contributed by atoms with van der Waals surface area (Å²) in [7, 11) is 0. The Bertz CT molecular complexity index is 444. The maximum Gasteiger partial charge on any atom is 0.0594 e. The molecule has 1 aromatic carbocycles. The van der Waals surface area contributed by atoms with Gasteiger partial charge in [0.05, 0.1) is 6.10 Å². The summed E-state index contributed by atoms with van der Waals surface area (Å²) in [6, 6.07) is 4.78. The summed E-state index contributed by atoms with van der Waals surface area (Å²) < 4.78 is 8.17. The first-order valence-electron chi connectivity index (χ1n) is 7.42. The van der Waals surface area contributed by atoms with Crippen LogP contribution in [-0.4, -0.2) is 19.3 Å². The molecule has 2 unspecified atom stereocenters. The second-order valence-corrected chi connectivity index (χ2v) is 7.21. The SMILES string of the molecule is CCCNC(CC1CCCO1)c1cc(Br)c(C)cc1Br. The van der Waals surface area contributed by atoms with Gasteiger partial charge < -0.3 is 10.1 Å². The highest BCUT2D eigenvalue weighted by molar-refractivity contribution is 9.11. The van der Waals surface area contributed by atoms with Crippen LogP contribution in [0, 0.1) is 6.92 Å². The lowest BCUT2D eigenvalue weighted by atomic mass is 9.98. The van der Waals surface area contributed by atoms with Crippen LogP contribution in [0.5, 0.6) is 0 Å². The van der Waals surface area contributed by atoms with Crippen molar-refractivity contribution < 1.29 is 4.74 Å². The summed E-state index contributed by atoms with van der Waals surface area (Å²) in [6.45, 7) is 6.28. The van der Waals surface area contributed by atoms with Crippen molar-refractivity contribution in [2.45, 2.75) is 51.7 Å². The fraction of sp³-hybridized carbons (Fsp3) is 0.625. The molecular formula is C16H23Br2NO. The molecule has 0 bridgehead atoms. The van der Waals surface area contributed by atoms with Crippen molar-refractivity contribution in [3.05, 3.63) is 32.2 Å². The van der Waals surface area contributed by atoms with Crippen LogP contribution in [0.4, 0.5) is 0 Å². The van der Waals surface area contributed by atoms with E-state index in [0.717, 1.165) is 26.0 Å². The van der Waals surface area contributed by atoms with Crippen LogP contribution in [0.15, 0.2) is 21.1 Å². The first-order valence-corrected chi connectivity index (χ1v) is 9.01. The number of hydrogen-bond acceptors (Lipinski definition) is 2. The summed E-state index contributed by atoms with van der Waals surface area (Å²) in [5.74, 6) is 0. The van der Waals surface area contributed by atoms with Crippen LogP contribution in [0.25, 0.3) is 0 Å². The van der Waals surface area contributed by atoms with E-state index in [1.165, 1.54) is 32.9 Å². The third kappa shape index (κ3) is 4.30. The van der Waals surface area contributed by atoms with Crippen molar-refractivity contribution in [1.82, 2.24) is 5.32 Å². The lowest BCUT2D eigenvalue weighted by Gasteiger charge is -2.24. The third-order valence-corrected chi connectivity index (χ3v) is 5.36. The van der Waals surface area contributed by atoms with E-state index >= 15 is 0 Å². The van der Waals surface area contributed by atoms with Crippen LogP contribution in [-0.2, 0) is 4.74 Å². The molecule has 2 nitrogen and oxygen atoms in total. The van der Waals surface area contributed by atoms with E-state index in [2.05, 4.69) is 63.2 Å². The smallest absolute Gasteiger partial charge is 0.0594 e. The van der Waals surface area contributed by atoms with Gasteiger partial charge in [0.2, 0.25) is 0 Å². The van der Waals surface area contributed by atoms with Gasteiger partial charge in [-0.15, -0.1) is 0 Å². The standard InChI is InChI=1S/C16H23Br2NO/c1-3-6-19-16(9-12-5-4-7-20-12)13-10-14(17)11(2)8-15(13)18/h8,10,12,16,19H,3-7,9H2,1-2H3. The van der Waals surface area contributed by atoms with Crippen LogP contribution in [0.2, 0.25) is 0 Å². The van der Waals surface area contributed by atoms with E-state index in [4.69, 9.17) is 4.74 Å². The summed E-state index contributed by atoms with van der Waals surface area (Å²) in [6.07, 6.45) is 4.98. The molecule has 0 spiro atoms. The van der Waals surface area contributed by atoms with Gasteiger partial charge in [0, 0.05) is 21.6 Å². The van der Waals surface area contributed by atoms with Gasteiger partial charge in [-0.05, 0) is 62.4 Å². The maximum absolute atomic E-state index is 5.81. The average molecular weight is 405 g/mol. The fourth-order valence-electron chi connectivity index (χ4n) is 2.66. The molecule has 0 aliphatic carbocycles. The Balaban J connectivity index is 2.18. The van der Waals surface area contributed by atoms with E-state index in [1.54, 1.807) is 0 Å². The highest BCUT2D eigenvalue weighted by Gasteiger charge is 2.23. The Kier molecular flexibility index (Phi) is 6.53. The van der Waals surface area contributed by atoms with E-state index in [0.29, 0.717) is 12.1 Å². The van der Waals surface area contributed by atoms with Gasteiger partial charge >= 0.3 is 0 Å². The average Bonchev–Trinajstić information content (AvgIpc) is 2.92. The Morgan fingerprint density at radius 1 is 1.35 bits per heavy atom. The molecule has 112 valence electrons. The van der Waals surface area contributed by atoms with Crippen molar-refractivity contribution in [3.8, 4) is 0 Å². The van der Waals surface area contributed by atoms with Crippen LogP contribution in [0.1, 0.15) is 49.8 Å². The molecule has 2 rings (SSSR count). The minimum atomic E-state index is 0.351. The molecule has 1 heterocycles. The first kappa shape index (κ1) is 16.5. The van der Waals surface area contributed by atoms with Gasteiger partial charge in [-0.2, -0.15) is 0 Å². The van der Waals surface area contributed by atoms with Gasteiger partial charge in [-0.3, -0.25) is 0 Å². The molecule has 1 aliphatic heterocycles. The zero-order valence-electron chi connectivity index (χ0n) is 12.2. The third-order valence-electron chi connectivity index (χ3n) is 3.82. The first-order chi connectivity index (χ1) is 9.61. The molecule has 0 radical (unpaired) electrons. The second kappa shape index (κ2) is 7.92. The number of hydrogen-bond donors (Lipinski definition) is 1. The predicted octanol–water partition coefficient (Wildman–Crippen LogP) is 5.13. The molecule has 1 N–H and O–H groups in total. The molecule has 1 aromatic rings. The van der Waals surface area contributed by atoms with E-state index in [9.17, 15) is 0 Å². The molecule has 1 saturated heterocycles. The van der Waals surface area contributed by atoms with Gasteiger partial charge in [0.15, 0.2) is 0 Å². The van der Waals surface area contributed by atoms with Crippen molar-refractivity contribution in [1.29, 1.82) is 0 Å². The molecule has 0 aromatic heterocycles. The molecule has 0 saturated carbocycles. The van der Waals surface area contributed by atoms with E-state index in [-0.39, 0.29) is 0 Å². The zero-order chi connectivity index (χ0) is 14.5. The van der Waals surface area contributed by atoms with Crippen molar-refractivity contribution >= 4 is 31.9 Å². The van der Waals surface area contributed by atoms with E-state index < -0.39 is 0 Å². The Hall–Kier alpha value is 0.1000. The van der Waals surface area contributed by atoms with Gasteiger partial charge in [0.25, 0.3) is 0 Å². The van der Waals surface area contributed by atoms with Gasteiger partial charge in [-0.1, -0.05) is 38.8 Å². The molecule has 20 heavy (non-hydrogen) atoms. The Labute approximate surface area is 138 Å². The normalized spacial score (nSPS) is 20.3. The molecular weight excluding hydrogens is 382 g/mol. The monoisotopic (exact) mass is 403 g/mol. The quantitative estimate of drug-likeness (QED) is 0.709. The number of aryl methyl sites for hydroxylation is 1. The highest BCUT2D eigenvalue weighted by Crippen LogP contribution is 2.33. The number of ether oxygens (including phenoxy) is 1. The van der Waals surface area contributed by atoms with Gasteiger partial charge in [-0.25, -0.2) is 0 Å². The molecule has 0 amide bonds. The van der Waals surface area contributed by atoms with Crippen molar-refractivity contribution in [2.24, 2.45) is 0 Å². The number of benzene rings is 1. The topological polar surface area (TPSA) is 21.3 Å². The second-order valence-electron chi connectivity index (χ2n) is 5.50. The maximum atomic E-state index is 5.81. The molecule has 2 atom stereocenters. The summed E-state index contributed by atoms with van der Waals surface area (Å²) in [5.41, 5.74) is 2.58. The lowest BCUT2D eigenvalue weighted by Crippen LogP contribution is -2.26. The Morgan fingerprint density at radius 2 is 2.15 bits per heavy atom. The van der Waals surface area contributed by atoms with Crippen molar-refractivity contribution in [2.75, 3.05) is 13.2 Å². The number of halogens is 2. The lowest BCUT2D eigenvalue weighted by molar-refractivity contribution is 0.0945. The van der Waals surface area contributed by atoms with Crippen LogP contribution >= 0.6 is 31.9 Å². The summed E-state index contributed by atoms with van der Waals surface area (Å²) in [5, 5.41) is 3.67. The Morgan fingerprint density at radius 3 is 2.80 bits per heavy atom. The highest BCUT2D eigenvalue weighted by atomic mass is 79.9. The molecule has 1 aliphatic rings.